The number of benzene rings is 1. The monoisotopic (exact) mass is 350 g/mol. The van der Waals surface area contributed by atoms with Crippen molar-refractivity contribution in [3.63, 3.8) is 0 Å². The molecule has 1 atom stereocenters. The number of nitrogens with one attached hydrogen (secondary N) is 1. The van der Waals surface area contributed by atoms with E-state index in [2.05, 4.69) is 20.7 Å². The molecule has 106 valence electrons. The molecule has 19 heavy (non-hydrogen) atoms. The predicted octanol–water partition coefficient (Wildman–Crippen LogP) is 2.82. The van der Waals surface area contributed by atoms with Crippen LogP contribution in [-0.4, -0.2) is 19.4 Å². The average Bonchev–Trinajstić information content (AvgIpc) is 2.27. The molecule has 0 amide bonds. The number of hydrogen-bond acceptors (Lipinski definition) is 4. The molecule has 0 aromatic heterocycles. The number of sulfonamides is 1. The van der Waals surface area contributed by atoms with Crippen molar-refractivity contribution in [2.24, 2.45) is 0 Å². The van der Waals surface area contributed by atoms with Gasteiger partial charge < -0.3 is 0 Å². The maximum atomic E-state index is 12.2. The van der Waals surface area contributed by atoms with E-state index < -0.39 is 20.6 Å². The second-order valence-corrected chi connectivity index (χ2v) is 6.78. The molecule has 0 aliphatic carbocycles. The summed E-state index contributed by atoms with van der Waals surface area (Å²) >= 11 is 3.12. The standard InChI is InChI=1S/C11H15BrN2O4S/c1-3-4-8(2)13-19(17,18)11-7-9(12)5-6-10(11)14(15)16/h5-8,13H,3-4H2,1-2H3. The van der Waals surface area contributed by atoms with Crippen LogP contribution in [0.4, 0.5) is 5.69 Å². The molecule has 0 fully saturated rings. The van der Waals surface area contributed by atoms with Crippen LogP contribution >= 0.6 is 15.9 Å². The minimum atomic E-state index is -3.90. The van der Waals surface area contributed by atoms with Gasteiger partial charge >= 0.3 is 0 Å². The van der Waals surface area contributed by atoms with Crippen molar-refractivity contribution in [1.29, 1.82) is 0 Å². The predicted molar refractivity (Wildman–Crippen MR) is 75.5 cm³/mol. The summed E-state index contributed by atoms with van der Waals surface area (Å²) in [6.07, 6.45) is 1.49. The molecule has 1 aromatic rings. The molecule has 0 saturated heterocycles. The summed E-state index contributed by atoms with van der Waals surface area (Å²) in [5.74, 6) is 0. The Morgan fingerprint density at radius 1 is 1.47 bits per heavy atom. The highest BCUT2D eigenvalue weighted by Gasteiger charge is 2.27. The molecule has 1 rings (SSSR count). The molecule has 1 unspecified atom stereocenters. The van der Waals surface area contributed by atoms with Crippen LogP contribution in [0.2, 0.25) is 0 Å². The van der Waals surface area contributed by atoms with Crippen LogP contribution in [0.1, 0.15) is 26.7 Å². The molecule has 8 heteroatoms. The van der Waals surface area contributed by atoms with E-state index in [0.717, 1.165) is 6.42 Å². The summed E-state index contributed by atoms with van der Waals surface area (Å²) in [6, 6.07) is 3.57. The maximum Gasteiger partial charge on any atom is 0.289 e. The molecule has 0 radical (unpaired) electrons. The van der Waals surface area contributed by atoms with E-state index in [1.54, 1.807) is 6.92 Å². The largest absolute Gasteiger partial charge is 0.289 e. The second kappa shape index (κ2) is 6.44. The highest BCUT2D eigenvalue weighted by Crippen LogP contribution is 2.27. The van der Waals surface area contributed by atoms with Crippen LogP contribution in [0.5, 0.6) is 0 Å². The van der Waals surface area contributed by atoms with Crippen LogP contribution in [-0.2, 0) is 10.0 Å². The Bertz CT molecular complexity index is 574. The lowest BCUT2D eigenvalue weighted by molar-refractivity contribution is -0.387. The van der Waals surface area contributed by atoms with Crippen LogP contribution in [0, 0.1) is 10.1 Å². The normalized spacial score (nSPS) is 13.2. The number of nitrogens with zero attached hydrogens (tertiary/aromatic N) is 1. The summed E-state index contributed by atoms with van der Waals surface area (Å²) < 4.78 is 27.2. The van der Waals surface area contributed by atoms with E-state index >= 15 is 0 Å². The van der Waals surface area contributed by atoms with Gasteiger partial charge in [-0.1, -0.05) is 29.3 Å². The van der Waals surface area contributed by atoms with Gasteiger partial charge in [0, 0.05) is 16.6 Å². The Morgan fingerprint density at radius 2 is 2.11 bits per heavy atom. The highest BCUT2D eigenvalue weighted by atomic mass is 79.9. The average molecular weight is 351 g/mol. The molecule has 0 saturated carbocycles. The number of hydrogen-bond donors (Lipinski definition) is 1. The molecule has 0 aliphatic heterocycles. The van der Waals surface area contributed by atoms with Gasteiger partial charge in [-0.2, -0.15) is 0 Å². The van der Waals surface area contributed by atoms with Crippen LogP contribution in [0.25, 0.3) is 0 Å². The first kappa shape index (κ1) is 16.1. The van der Waals surface area contributed by atoms with Gasteiger partial charge in [0.15, 0.2) is 4.90 Å². The summed E-state index contributed by atoms with van der Waals surface area (Å²) in [4.78, 5) is 9.86. The van der Waals surface area contributed by atoms with Crippen LogP contribution in [0.15, 0.2) is 27.6 Å². The lowest BCUT2D eigenvalue weighted by atomic mass is 10.2. The maximum absolute atomic E-state index is 12.2. The van der Waals surface area contributed by atoms with E-state index in [1.807, 2.05) is 6.92 Å². The summed E-state index contributed by atoms with van der Waals surface area (Å²) in [5.41, 5.74) is -0.431. The lowest BCUT2D eigenvalue weighted by Crippen LogP contribution is -2.32. The van der Waals surface area contributed by atoms with Gasteiger partial charge in [-0.3, -0.25) is 10.1 Å². The minimum absolute atomic E-state index is 0.270. The zero-order valence-corrected chi connectivity index (χ0v) is 13.0. The summed E-state index contributed by atoms with van der Waals surface area (Å²) in [6.45, 7) is 3.66. The minimum Gasteiger partial charge on any atom is -0.258 e. The number of nitro benzene ring substituents is 1. The van der Waals surface area contributed by atoms with Crippen molar-refractivity contribution in [3.05, 3.63) is 32.8 Å². The van der Waals surface area contributed by atoms with Gasteiger partial charge in [-0.15, -0.1) is 0 Å². The van der Waals surface area contributed by atoms with Gasteiger partial charge in [0.2, 0.25) is 10.0 Å². The van der Waals surface area contributed by atoms with E-state index in [1.165, 1.54) is 18.2 Å². The van der Waals surface area contributed by atoms with Gasteiger partial charge in [-0.05, 0) is 25.5 Å². The Hall–Kier alpha value is -0.990. The third-order valence-electron chi connectivity index (χ3n) is 2.49. The fourth-order valence-corrected chi connectivity index (χ4v) is 3.66. The molecule has 0 spiro atoms. The van der Waals surface area contributed by atoms with E-state index in [4.69, 9.17) is 0 Å². The molecule has 0 bridgehead atoms. The lowest BCUT2D eigenvalue weighted by Gasteiger charge is -2.13. The molecular formula is C11H15BrN2O4S. The van der Waals surface area contributed by atoms with Crippen molar-refractivity contribution >= 4 is 31.6 Å². The molecule has 1 aromatic carbocycles. The Balaban J connectivity index is 3.20. The molecular weight excluding hydrogens is 336 g/mol. The highest BCUT2D eigenvalue weighted by molar-refractivity contribution is 9.10. The van der Waals surface area contributed by atoms with Gasteiger partial charge in [-0.25, -0.2) is 13.1 Å². The SMILES string of the molecule is CCCC(C)NS(=O)(=O)c1cc(Br)ccc1[N+](=O)[O-]. The van der Waals surface area contributed by atoms with E-state index in [-0.39, 0.29) is 10.9 Å². The fraction of sp³-hybridized carbons (Fsp3) is 0.455. The Morgan fingerprint density at radius 3 is 2.63 bits per heavy atom. The molecule has 6 nitrogen and oxygen atoms in total. The smallest absolute Gasteiger partial charge is 0.258 e. The van der Waals surface area contributed by atoms with E-state index in [0.29, 0.717) is 10.9 Å². The molecule has 1 N–H and O–H groups in total. The van der Waals surface area contributed by atoms with Crippen LogP contribution < -0.4 is 4.72 Å². The van der Waals surface area contributed by atoms with Crippen molar-refractivity contribution in [1.82, 2.24) is 4.72 Å². The third kappa shape index (κ3) is 4.26. The number of halogens is 1. The van der Waals surface area contributed by atoms with Crippen molar-refractivity contribution in [2.75, 3.05) is 0 Å². The Kier molecular flexibility index (Phi) is 5.45. The number of rotatable bonds is 6. The zero-order chi connectivity index (χ0) is 14.6. The van der Waals surface area contributed by atoms with Crippen LogP contribution in [0.3, 0.4) is 0 Å². The Labute approximate surface area is 120 Å². The first-order valence-electron chi connectivity index (χ1n) is 5.74. The zero-order valence-electron chi connectivity index (χ0n) is 10.6. The quantitative estimate of drug-likeness (QED) is 0.630. The fourth-order valence-electron chi connectivity index (χ4n) is 1.67. The molecule has 0 aliphatic rings. The van der Waals surface area contributed by atoms with Crippen molar-refractivity contribution in [2.45, 2.75) is 37.6 Å². The summed E-state index contributed by atoms with van der Waals surface area (Å²) in [5, 5.41) is 10.9. The third-order valence-corrected chi connectivity index (χ3v) is 4.60. The molecule has 0 heterocycles. The van der Waals surface area contributed by atoms with Crippen molar-refractivity contribution in [3.8, 4) is 0 Å². The topological polar surface area (TPSA) is 89.3 Å². The number of nitro groups is 1. The first-order valence-corrected chi connectivity index (χ1v) is 8.01. The second-order valence-electron chi connectivity index (χ2n) is 4.18. The first-order chi connectivity index (χ1) is 8.77. The van der Waals surface area contributed by atoms with Gasteiger partial charge in [0.05, 0.1) is 4.92 Å². The van der Waals surface area contributed by atoms with E-state index in [9.17, 15) is 18.5 Å². The van der Waals surface area contributed by atoms with Crippen molar-refractivity contribution < 1.29 is 13.3 Å². The van der Waals surface area contributed by atoms with Gasteiger partial charge in [0.1, 0.15) is 0 Å². The summed E-state index contributed by atoms with van der Waals surface area (Å²) in [7, 11) is -3.90. The van der Waals surface area contributed by atoms with Gasteiger partial charge in [0.25, 0.3) is 5.69 Å².